The molecule has 0 spiro atoms. The minimum Gasteiger partial charge on any atom is -0.352 e. The van der Waals surface area contributed by atoms with Gasteiger partial charge in [0.25, 0.3) is 10.0 Å². The fraction of sp³-hybridized carbons (Fsp3) is 0.562. The molecule has 136 valence electrons. The van der Waals surface area contributed by atoms with Crippen molar-refractivity contribution in [1.29, 1.82) is 0 Å². The highest BCUT2D eigenvalue weighted by molar-refractivity contribution is 7.89. The fourth-order valence-electron chi connectivity index (χ4n) is 2.63. The van der Waals surface area contributed by atoms with Gasteiger partial charge in [0.15, 0.2) is 10.8 Å². The van der Waals surface area contributed by atoms with Gasteiger partial charge in [-0.15, -0.1) is 5.10 Å². The topological polar surface area (TPSA) is 84.2 Å². The Bertz CT molecular complexity index is 847. The molecule has 1 fully saturated rings. The highest BCUT2D eigenvalue weighted by atomic mass is 32.2. The summed E-state index contributed by atoms with van der Waals surface area (Å²) in [4.78, 5) is 5.98. The van der Waals surface area contributed by atoms with Crippen LogP contribution in [0, 0.1) is 0 Å². The summed E-state index contributed by atoms with van der Waals surface area (Å²) < 4.78 is 28.2. The first-order valence-electron chi connectivity index (χ1n) is 8.14. The first kappa shape index (κ1) is 17.8. The summed E-state index contributed by atoms with van der Waals surface area (Å²) in [6.45, 7) is 7.45. The Hall–Kier alpha value is -2.00. The largest absolute Gasteiger partial charge is 0.352 e. The number of aromatic nitrogens is 4. The summed E-state index contributed by atoms with van der Waals surface area (Å²) in [7, 11) is -0.227. The molecule has 25 heavy (non-hydrogen) atoms. The van der Waals surface area contributed by atoms with Crippen molar-refractivity contribution in [2.24, 2.45) is 7.05 Å². The van der Waals surface area contributed by atoms with E-state index < -0.39 is 10.0 Å². The third-order valence-electron chi connectivity index (χ3n) is 4.44. The number of hydrogen-bond donors (Lipinski definition) is 0. The maximum Gasteiger partial charge on any atom is 0.262 e. The molecule has 0 bridgehead atoms. The minimum atomic E-state index is -3.57. The lowest BCUT2D eigenvalue weighted by molar-refractivity contribution is 0.308. The molecule has 8 nitrogen and oxygen atoms in total. The van der Waals surface area contributed by atoms with Gasteiger partial charge in [0.05, 0.1) is 18.1 Å². The van der Waals surface area contributed by atoms with Gasteiger partial charge >= 0.3 is 0 Å². The second-order valence-electron chi connectivity index (χ2n) is 7.48. The van der Waals surface area contributed by atoms with Gasteiger partial charge in [-0.3, -0.25) is 0 Å². The fourth-order valence-corrected chi connectivity index (χ4v) is 3.93. The number of sulfonamides is 1. The number of rotatable bonds is 4. The van der Waals surface area contributed by atoms with Gasteiger partial charge in [0.2, 0.25) is 0 Å². The van der Waals surface area contributed by atoms with Gasteiger partial charge < -0.3 is 9.47 Å². The van der Waals surface area contributed by atoms with E-state index in [-0.39, 0.29) is 16.5 Å². The molecule has 9 heteroatoms. The van der Waals surface area contributed by atoms with E-state index in [1.165, 1.54) is 16.8 Å². The van der Waals surface area contributed by atoms with Crippen LogP contribution in [0.1, 0.15) is 26.5 Å². The monoisotopic (exact) mass is 364 g/mol. The van der Waals surface area contributed by atoms with Gasteiger partial charge in [-0.2, -0.15) is 9.40 Å². The van der Waals surface area contributed by atoms with Crippen LogP contribution in [0.2, 0.25) is 0 Å². The van der Waals surface area contributed by atoms with E-state index in [1.807, 2.05) is 17.0 Å². The van der Waals surface area contributed by atoms with Crippen molar-refractivity contribution in [3.63, 3.8) is 0 Å². The van der Waals surface area contributed by atoms with Crippen LogP contribution in [0.15, 0.2) is 29.7 Å². The third-order valence-corrected chi connectivity index (χ3v) is 6.24. The maximum absolute atomic E-state index is 12.6. The molecule has 0 aromatic carbocycles. The van der Waals surface area contributed by atoms with Crippen LogP contribution >= 0.6 is 0 Å². The summed E-state index contributed by atoms with van der Waals surface area (Å²) in [6.07, 6.45) is 3.00. The Labute approximate surface area is 148 Å². The average Bonchev–Trinajstić information content (AvgIpc) is 2.92. The second-order valence-corrected chi connectivity index (χ2v) is 9.43. The third kappa shape index (κ3) is 3.38. The Morgan fingerprint density at radius 2 is 1.88 bits per heavy atom. The van der Waals surface area contributed by atoms with Crippen molar-refractivity contribution in [1.82, 2.24) is 24.1 Å². The lowest BCUT2D eigenvalue weighted by atomic mass is 9.92. The van der Waals surface area contributed by atoms with Gasteiger partial charge in [-0.25, -0.2) is 13.4 Å². The lowest BCUT2D eigenvalue weighted by Gasteiger charge is -2.43. The van der Waals surface area contributed by atoms with Crippen LogP contribution in [0.3, 0.4) is 0 Å². The molecular weight excluding hydrogens is 340 g/mol. The summed E-state index contributed by atoms with van der Waals surface area (Å²) in [6, 6.07) is 3.82. The highest BCUT2D eigenvalue weighted by Gasteiger charge is 2.38. The summed E-state index contributed by atoms with van der Waals surface area (Å²) in [5, 5.41) is 8.64. The molecule has 2 aromatic heterocycles. The first-order chi connectivity index (χ1) is 11.6. The Balaban J connectivity index is 1.66. The van der Waals surface area contributed by atoms with Crippen LogP contribution in [-0.4, -0.2) is 58.7 Å². The molecule has 0 saturated carbocycles. The van der Waals surface area contributed by atoms with Crippen LogP contribution in [0.25, 0.3) is 0 Å². The van der Waals surface area contributed by atoms with E-state index in [4.69, 9.17) is 0 Å². The van der Waals surface area contributed by atoms with E-state index in [2.05, 4.69) is 36.0 Å². The molecule has 3 heterocycles. The number of hydrogen-bond acceptors (Lipinski definition) is 6. The molecule has 0 amide bonds. The first-order valence-corrected chi connectivity index (χ1v) is 9.58. The maximum atomic E-state index is 12.6. The molecule has 1 aliphatic heterocycles. The van der Waals surface area contributed by atoms with Crippen LogP contribution in [-0.2, 0) is 22.5 Å². The zero-order valence-corrected chi connectivity index (χ0v) is 16.0. The molecule has 0 unspecified atom stereocenters. The minimum absolute atomic E-state index is 0.0417. The SMILES string of the molecule is CN(C1CN(c2ccc(C(C)(C)C)nn2)C1)S(=O)(=O)c1cn(C)cn1. The van der Waals surface area contributed by atoms with Crippen molar-refractivity contribution >= 4 is 15.8 Å². The second kappa shape index (κ2) is 6.06. The molecule has 0 N–H and O–H groups in total. The molecule has 0 atom stereocenters. The smallest absolute Gasteiger partial charge is 0.262 e. The molecule has 2 aromatic rings. The van der Waals surface area contributed by atoms with Crippen molar-refractivity contribution < 1.29 is 8.42 Å². The van der Waals surface area contributed by atoms with Crippen LogP contribution in [0.4, 0.5) is 5.82 Å². The van der Waals surface area contributed by atoms with Gasteiger partial charge in [-0.05, 0) is 12.1 Å². The molecule has 0 radical (unpaired) electrons. The standard InChI is InChI=1S/C16H24N6O2S/c1-16(2,3)13-6-7-14(19-18-13)22-8-12(9-22)21(5)25(23,24)15-10-20(4)11-17-15/h6-7,10-12H,8-9H2,1-5H3. The van der Waals surface area contributed by atoms with E-state index in [9.17, 15) is 8.42 Å². The summed E-state index contributed by atoms with van der Waals surface area (Å²) in [5.74, 6) is 0.771. The van der Waals surface area contributed by atoms with Gasteiger partial charge in [0.1, 0.15) is 0 Å². The number of aryl methyl sites for hydroxylation is 1. The van der Waals surface area contributed by atoms with Crippen molar-refractivity contribution in [3.8, 4) is 0 Å². The quantitative estimate of drug-likeness (QED) is 0.805. The molecular formula is C16H24N6O2S. The number of nitrogens with zero attached hydrogens (tertiary/aromatic N) is 6. The van der Waals surface area contributed by atoms with Crippen LogP contribution < -0.4 is 4.90 Å². The Morgan fingerprint density at radius 1 is 1.20 bits per heavy atom. The molecule has 3 rings (SSSR count). The normalized spacial score (nSPS) is 16.3. The number of imidazole rings is 1. The molecule has 1 saturated heterocycles. The van der Waals surface area contributed by atoms with Crippen LogP contribution in [0.5, 0.6) is 0 Å². The zero-order chi connectivity index (χ0) is 18.4. The van der Waals surface area contributed by atoms with Gasteiger partial charge in [-0.1, -0.05) is 20.8 Å². The van der Waals surface area contributed by atoms with Gasteiger partial charge in [0, 0.05) is 38.8 Å². The predicted octanol–water partition coefficient (Wildman–Crippen LogP) is 1.02. The Morgan fingerprint density at radius 3 is 2.36 bits per heavy atom. The summed E-state index contributed by atoms with van der Waals surface area (Å²) >= 11 is 0. The predicted molar refractivity (Wildman–Crippen MR) is 94.9 cm³/mol. The zero-order valence-electron chi connectivity index (χ0n) is 15.2. The van der Waals surface area contributed by atoms with E-state index in [1.54, 1.807) is 18.7 Å². The molecule has 1 aliphatic rings. The van der Waals surface area contributed by atoms with Crippen molar-refractivity contribution in [3.05, 3.63) is 30.4 Å². The van der Waals surface area contributed by atoms with E-state index in [0.717, 1.165) is 11.5 Å². The molecule has 0 aliphatic carbocycles. The highest BCUT2D eigenvalue weighted by Crippen LogP contribution is 2.26. The Kier molecular flexibility index (Phi) is 4.32. The van der Waals surface area contributed by atoms with Crippen molar-refractivity contribution in [2.75, 3.05) is 25.0 Å². The number of anilines is 1. The van der Waals surface area contributed by atoms with E-state index in [0.29, 0.717) is 13.1 Å². The number of likely N-dealkylation sites (N-methyl/N-ethyl adjacent to an activating group) is 1. The van der Waals surface area contributed by atoms with Crippen molar-refractivity contribution in [2.45, 2.75) is 37.3 Å². The average molecular weight is 364 g/mol. The van der Waals surface area contributed by atoms with E-state index >= 15 is 0 Å². The lowest BCUT2D eigenvalue weighted by Crippen LogP contribution is -2.60. The summed E-state index contributed by atoms with van der Waals surface area (Å²) in [5.41, 5.74) is 0.892.